The molecule has 0 spiro atoms. The molecule has 2 rings (SSSR count). The summed E-state index contributed by atoms with van der Waals surface area (Å²) in [6.45, 7) is 3.12. The second-order valence-electron chi connectivity index (χ2n) is 4.88. The van der Waals surface area contributed by atoms with Crippen LogP contribution in [0.2, 0.25) is 0 Å². The van der Waals surface area contributed by atoms with Gasteiger partial charge in [-0.1, -0.05) is 25.5 Å². The predicted molar refractivity (Wildman–Crippen MR) is 68.8 cm³/mol. The van der Waals surface area contributed by atoms with Gasteiger partial charge >= 0.3 is 6.03 Å². The number of amides is 2. The van der Waals surface area contributed by atoms with Crippen molar-refractivity contribution in [3.8, 4) is 0 Å². The molecule has 98 valence electrons. The maximum atomic E-state index is 13.4. The largest absolute Gasteiger partial charge is 0.322 e. The van der Waals surface area contributed by atoms with Crippen LogP contribution in [0.4, 0.5) is 14.9 Å². The molecule has 1 aliphatic heterocycles. The van der Waals surface area contributed by atoms with Gasteiger partial charge in [0.1, 0.15) is 5.82 Å². The summed E-state index contributed by atoms with van der Waals surface area (Å²) in [7, 11) is 0. The topological polar surface area (TPSA) is 58.4 Å². The van der Waals surface area contributed by atoms with Crippen LogP contribution in [-0.2, 0) is 0 Å². The van der Waals surface area contributed by atoms with Gasteiger partial charge in [0.05, 0.1) is 11.2 Å². The Morgan fingerprint density at radius 3 is 2.78 bits per heavy atom. The fraction of sp³-hybridized carbons (Fsp3) is 0.462. The number of carbonyl (C=O) groups is 1. The Hall–Kier alpha value is -1.62. The SMILES string of the molecule is CCCC1(N)CN(C(=O)Nc2ccccc2F)C1. The summed E-state index contributed by atoms with van der Waals surface area (Å²) in [4.78, 5) is 13.4. The first-order valence-electron chi connectivity index (χ1n) is 6.13. The minimum atomic E-state index is -0.432. The average molecular weight is 251 g/mol. The first-order valence-corrected chi connectivity index (χ1v) is 6.13. The van der Waals surface area contributed by atoms with E-state index in [9.17, 15) is 9.18 Å². The maximum absolute atomic E-state index is 13.4. The molecule has 0 saturated carbocycles. The number of urea groups is 1. The molecule has 0 unspecified atom stereocenters. The van der Waals surface area contributed by atoms with E-state index in [1.807, 2.05) is 0 Å². The van der Waals surface area contributed by atoms with Crippen molar-refractivity contribution in [2.75, 3.05) is 18.4 Å². The van der Waals surface area contributed by atoms with Gasteiger partial charge in [0.2, 0.25) is 0 Å². The average Bonchev–Trinajstić information content (AvgIpc) is 2.29. The van der Waals surface area contributed by atoms with E-state index in [0.29, 0.717) is 13.1 Å². The van der Waals surface area contributed by atoms with E-state index >= 15 is 0 Å². The Balaban J connectivity index is 1.90. The number of nitrogens with zero attached hydrogens (tertiary/aromatic N) is 1. The van der Waals surface area contributed by atoms with Crippen LogP contribution in [0.25, 0.3) is 0 Å². The minimum absolute atomic E-state index is 0.201. The molecule has 5 heteroatoms. The van der Waals surface area contributed by atoms with Crippen LogP contribution in [0, 0.1) is 5.82 Å². The number of hydrogen-bond acceptors (Lipinski definition) is 2. The molecule has 1 saturated heterocycles. The Morgan fingerprint density at radius 2 is 2.17 bits per heavy atom. The van der Waals surface area contributed by atoms with Crippen LogP contribution in [0.1, 0.15) is 19.8 Å². The molecule has 4 nitrogen and oxygen atoms in total. The molecule has 0 radical (unpaired) electrons. The van der Waals surface area contributed by atoms with Gasteiger partial charge in [-0.05, 0) is 18.6 Å². The van der Waals surface area contributed by atoms with Crippen molar-refractivity contribution in [3.05, 3.63) is 30.1 Å². The van der Waals surface area contributed by atoms with Crippen molar-refractivity contribution in [2.45, 2.75) is 25.3 Å². The molecule has 1 aliphatic rings. The molecule has 0 aromatic heterocycles. The van der Waals surface area contributed by atoms with E-state index in [0.717, 1.165) is 12.8 Å². The number of anilines is 1. The smallest absolute Gasteiger partial charge is 0.322 e. The maximum Gasteiger partial charge on any atom is 0.322 e. The molecule has 18 heavy (non-hydrogen) atoms. The van der Waals surface area contributed by atoms with Crippen LogP contribution in [0.3, 0.4) is 0 Å². The molecule has 0 aliphatic carbocycles. The Morgan fingerprint density at radius 1 is 1.50 bits per heavy atom. The van der Waals surface area contributed by atoms with E-state index in [1.54, 1.807) is 17.0 Å². The zero-order valence-electron chi connectivity index (χ0n) is 10.4. The standard InChI is InChI=1S/C13H18FN3O/c1-2-7-13(15)8-17(9-13)12(18)16-11-6-4-3-5-10(11)14/h3-6H,2,7-9,15H2,1H3,(H,16,18). The van der Waals surface area contributed by atoms with E-state index in [2.05, 4.69) is 12.2 Å². The summed E-state index contributed by atoms with van der Waals surface area (Å²) >= 11 is 0. The van der Waals surface area contributed by atoms with Gasteiger partial charge < -0.3 is 16.0 Å². The van der Waals surface area contributed by atoms with Gasteiger partial charge in [-0.15, -0.1) is 0 Å². The van der Waals surface area contributed by atoms with Crippen molar-refractivity contribution < 1.29 is 9.18 Å². The Bertz CT molecular complexity index is 444. The number of rotatable bonds is 3. The quantitative estimate of drug-likeness (QED) is 0.865. The first-order chi connectivity index (χ1) is 8.54. The van der Waals surface area contributed by atoms with E-state index in [4.69, 9.17) is 5.73 Å². The van der Waals surface area contributed by atoms with Crippen molar-refractivity contribution >= 4 is 11.7 Å². The second kappa shape index (κ2) is 4.94. The summed E-state index contributed by atoms with van der Waals surface area (Å²) in [5, 5.41) is 2.55. The monoisotopic (exact) mass is 251 g/mol. The van der Waals surface area contributed by atoms with E-state index in [-0.39, 0.29) is 17.3 Å². The third-order valence-electron chi connectivity index (χ3n) is 3.16. The first kappa shape index (κ1) is 12.8. The molecule has 0 atom stereocenters. The van der Waals surface area contributed by atoms with E-state index in [1.165, 1.54) is 12.1 Å². The molecule has 1 aromatic carbocycles. The highest BCUT2D eigenvalue weighted by Crippen LogP contribution is 2.24. The fourth-order valence-corrected chi connectivity index (χ4v) is 2.27. The lowest BCUT2D eigenvalue weighted by Crippen LogP contribution is -2.69. The summed E-state index contributed by atoms with van der Waals surface area (Å²) in [6, 6.07) is 5.82. The number of para-hydroxylation sites is 1. The summed E-state index contributed by atoms with van der Waals surface area (Å²) in [5.74, 6) is -0.432. The molecule has 1 aromatic rings. The van der Waals surface area contributed by atoms with Crippen LogP contribution in [0.5, 0.6) is 0 Å². The molecule has 1 heterocycles. The molecule has 0 bridgehead atoms. The molecule has 3 N–H and O–H groups in total. The summed E-state index contributed by atoms with van der Waals surface area (Å²) in [5.41, 5.74) is 6.01. The number of halogens is 1. The van der Waals surface area contributed by atoms with Gasteiger partial charge in [-0.3, -0.25) is 0 Å². The summed E-state index contributed by atoms with van der Waals surface area (Å²) in [6.07, 6.45) is 1.90. The summed E-state index contributed by atoms with van der Waals surface area (Å²) < 4.78 is 13.4. The van der Waals surface area contributed by atoms with Crippen molar-refractivity contribution in [1.82, 2.24) is 4.90 Å². The highest BCUT2D eigenvalue weighted by Gasteiger charge is 2.41. The van der Waals surface area contributed by atoms with E-state index < -0.39 is 5.82 Å². The molecular formula is C13H18FN3O. The van der Waals surface area contributed by atoms with Crippen LogP contribution < -0.4 is 11.1 Å². The number of nitrogens with one attached hydrogen (secondary N) is 1. The minimum Gasteiger partial charge on any atom is -0.322 e. The third-order valence-corrected chi connectivity index (χ3v) is 3.16. The lowest BCUT2D eigenvalue weighted by atomic mass is 9.87. The fourth-order valence-electron chi connectivity index (χ4n) is 2.27. The van der Waals surface area contributed by atoms with Gasteiger partial charge in [0.15, 0.2) is 0 Å². The lowest BCUT2D eigenvalue weighted by Gasteiger charge is -2.47. The van der Waals surface area contributed by atoms with Gasteiger partial charge in [-0.2, -0.15) is 0 Å². The normalized spacial score (nSPS) is 17.2. The predicted octanol–water partition coefficient (Wildman–Crippen LogP) is 2.17. The highest BCUT2D eigenvalue weighted by atomic mass is 19.1. The van der Waals surface area contributed by atoms with Gasteiger partial charge in [0, 0.05) is 13.1 Å². The Labute approximate surface area is 106 Å². The number of likely N-dealkylation sites (tertiary alicyclic amines) is 1. The van der Waals surface area contributed by atoms with Crippen LogP contribution >= 0.6 is 0 Å². The number of carbonyl (C=O) groups excluding carboxylic acids is 1. The van der Waals surface area contributed by atoms with Gasteiger partial charge in [-0.25, -0.2) is 9.18 Å². The van der Waals surface area contributed by atoms with Crippen LogP contribution in [-0.4, -0.2) is 29.6 Å². The number of nitrogens with two attached hydrogens (primary N) is 1. The molecular weight excluding hydrogens is 233 g/mol. The highest BCUT2D eigenvalue weighted by molar-refractivity contribution is 5.90. The van der Waals surface area contributed by atoms with Crippen molar-refractivity contribution in [1.29, 1.82) is 0 Å². The van der Waals surface area contributed by atoms with Gasteiger partial charge in [0.25, 0.3) is 0 Å². The van der Waals surface area contributed by atoms with Crippen LogP contribution in [0.15, 0.2) is 24.3 Å². The molecule has 2 amide bonds. The number of benzene rings is 1. The Kier molecular flexibility index (Phi) is 3.52. The zero-order valence-corrected chi connectivity index (χ0v) is 10.4. The molecule has 1 fully saturated rings. The van der Waals surface area contributed by atoms with Crippen molar-refractivity contribution in [3.63, 3.8) is 0 Å². The third kappa shape index (κ3) is 2.61. The van der Waals surface area contributed by atoms with Crippen molar-refractivity contribution in [2.24, 2.45) is 5.73 Å². The lowest BCUT2D eigenvalue weighted by molar-refractivity contribution is 0.0979. The zero-order chi connectivity index (χ0) is 13.2. The second-order valence-corrected chi connectivity index (χ2v) is 4.88. The number of hydrogen-bond donors (Lipinski definition) is 2.